The number of carbonyl (C=O) groups excluding carboxylic acids is 1. The zero-order valence-electron chi connectivity index (χ0n) is 16.8. The van der Waals surface area contributed by atoms with E-state index in [0.717, 1.165) is 25.1 Å². The van der Waals surface area contributed by atoms with Crippen LogP contribution in [0.25, 0.3) is 0 Å². The topological polar surface area (TPSA) is 60.9 Å². The standard InChI is InChI=1S/C20H31N3O3S/c1-20(2,3)16-7-9-17(10-8-16)27(25,26)23-11-5-6-18(23)19(24)22-14-12-21(4)13-15-22/h7-10,18H,5-6,11-15H2,1-4H3/t18-/m1/s1. The van der Waals surface area contributed by atoms with Crippen molar-refractivity contribution in [2.75, 3.05) is 39.8 Å². The summed E-state index contributed by atoms with van der Waals surface area (Å²) in [5, 5.41) is 0. The summed E-state index contributed by atoms with van der Waals surface area (Å²) in [5.74, 6) is -0.0458. The number of hydrogen-bond acceptors (Lipinski definition) is 4. The molecule has 0 bridgehead atoms. The molecule has 1 atom stereocenters. The fraction of sp³-hybridized carbons (Fsp3) is 0.650. The minimum absolute atomic E-state index is 0.0319. The van der Waals surface area contributed by atoms with Crippen LogP contribution in [0, 0.1) is 0 Å². The van der Waals surface area contributed by atoms with Crippen molar-refractivity contribution in [3.8, 4) is 0 Å². The highest BCUT2D eigenvalue weighted by Crippen LogP contribution is 2.29. The summed E-state index contributed by atoms with van der Waals surface area (Å²) in [6.07, 6.45) is 1.33. The van der Waals surface area contributed by atoms with Gasteiger partial charge in [-0.1, -0.05) is 32.9 Å². The first kappa shape index (κ1) is 20.3. The maximum Gasteiger partial charge on any atom is 0.243 e. The highest BCUT2D eigenvalue weighted by Gasteiger charge is 2.41. The van der Waals surface area contributed by atoms with Crippen LogP contribution in [0.2, 0.25) is 0 Å². The predicted octanol–water partition coefficient (Wildman–Crippen LogP) is 1.91. The van der Waals surface area contributed by atoms with Crippen LogP contribution in [-0.2, 0) is 20.2 Å². The van der Waals surface area contributed by atoms with E-state index in [9.17, 15) is 13.2 Å². The lowest BCUT2D eigenvalue weighted by molar-refractivity contribution is -0.136. The Morgan fingerprint density at radius 2 is 1.59 bits per heavy atom. The summed E-state index contributed by atoms with van der Waals surface area (Å²) in [6, 6.07) is 6.53. The fourth-order valence-electron chi connectivity index (χ4n) is 3.77. The van der Waals surface area contributed by atoms with E-state index in [1.54, 1.807) is 12.1 Å². The molecule has 27 heavy (non-hydrogen) atoms. The zero-order chi connectivity index (χ0) is 19.8. The number of benzene rings is 1. The highest BCUT2D eigenvalue weighted by molar-refractivity contribution is 7.89. The van der Waals surface area contributed by atoms with Crippen molar-refractivity contribution < 1.29 is 13.2 Å². The van der Waals surface area contributed by atoms with E-state index >= 15 is 0 Å². The van der Waals surface area contributed by atoms with Crippen LogP contribution >= 0.6 is 0 Å². The SMILES string of the molecule is CN1CCN(C(=O)[C@H]2CCCN2S(=O)(=O)c2ccc(C(C)(C)C)cc2)CC1. The maximum atomic E-state index is 13.2. The number of amides is 1. The van der Waals surface area contributed by atoms with E-state index in [0.29, 0.717) is 26.1 Å². The van der Waals surface area contributed by atoms with Gasteiger partial charge in [-0.05, 0) is 43.0 Å². The van der Waals surface area contributed by atoms with Gasteiger partial charge in [0.25, 0.3) is 0 Å². The zero-order valence-corrected chi connectivity index (χ0v) is 17.6. The summed E-state index contributed by atoms with van der Waals surface area (Å²) in [5.41, 5.74) is 1.06. The molecule has 0 spiro atoms. The number of piperazine rings is 1. The molecule has 2 saturated heterocycles. The van der Waals surface area contributed by atoms with E-state index in [1.165, 1.54) is 4.31 Å². The van der Waals surface area contributed by atoms with Crippen LogP contribution in [0.5, 0.6) is 0 Å². The molecule has 2 heterocycles. The Morgan fingerprint density at radius 3 is 2.15 bits per heavy atom. The van der Waals surface area contributed by atoms with E-state index in [1.807, 2.05) is 24.1 Å². The van der Waals surface area contributed by atoms with Gasteiger partial charge in [-0.3, -0.25) is 4.79 Å². The highest BCUT2D eigenvalue weighted by atomic mass is 32.2. The molecule has 0 aliphatic carbocycles. The van der Waals surface area contributed by atoms with Crippen molar-refractivity contribution in [1.29, 1.82) is 0 Å². The van der Waals surface area contributed by atoms with Crippen LogP contribution in [-0.4, -0.2) is 74.2 Å². The summed E-state index contributed by atoms with van der Waals surface area (Å²) in [7, 11) is -1.63. The van der Waals surface area contributed by atoms with Gasteiger partial charge in [0.2, 0.25) is 15.9 Å². The Labute approximate surface area is 163 Å². The van der Waals surface area contributed by atoms with Gasteiger partial charge >= 0.3 is 0 Å². The van der Waals surface area contributed by atoms with Gasteiger partial charge in [0.1, 0.15) is 6.04 Å². The molecule has 2 aliphatic heterocycles. The van der Waals surface area contributed by atoms with E-state index in [2.05, 4.69) is 25.7 Å². The van der Waals surface area contributed by atoms with Gasteiger partial charge < -0.3 is 9.80 Å². The minimum Gasteiger partial charge on any atom is -0.339 e. The summed E-state index contributed by atoms with van der Waals surface area (Å²) < 4.78 is 27.8. The minimum atomic E-state index is -3.67. The van der Waals surface area contributed by atoms with Gasteiger partial charge in [0, 0.05) is 32.7 Å². The average Bonchev–Trinajstić information content (AvgIpc) is 3.12. The smallest absolute Gasteiger partial charge is 0.243 e. The fourth-order valence-corrected chi connectivity index (χ4v) is 5.43. The van der Waals surface area contributed by atoms with Crippen LogP contribution in [0.15, 0.2) is 29.2 Å². The van der Waals surface area contributed by atoms with E-state index in [-0.39, 0.29) is 16.2 Å². The Morgan fingerprint density at radius 1 is 1.00 bits per heavy atom. The Hall–Kier alpha value is -1.44. The van der Waals surface area contributed by atoms with Gasteiger partial charge in [-0.25, -0.2) is 8.42 Å². The quantitative estimate of drug-likeness (QED) is 0.787. The molecule has 2 aliphatic rings. The van der Waals surface area contributed by atoms with Crippen molar-refractivity contribution in [3.05, 3.63) is 29.8 Å². The average molecular weight is 394 g/mol. The first-order valence-corrected chi connectivity index (χ1v) is 11.1. The molecule has 3 rings (SSSR count). The van der Waals surface area contributed by atoms with Crippen molar-refractivity contribution in [2.45, 2.75) is 50.0 Å². The van der Waals surface area contributed by atoms with Gasteiger partial charge in [0.05, 0.1) is 4.90 Å². The summed E-state index contributed by atoms with van der Waals surface area (Å²) in [6.45, 7) is 9.71. The molecule has 0 N–H and O–H groups in total. The molecule has 2 fully saturated rings. The monoisotopic (exact) mass is 393 g/mol. The first-order chi connectivity index (χ1) is 12.6. The van der Waals surface area contributed by atoms with Crippen molar-refractivity contribution >= 4 is 15.9 Å². The van der Waals surface area contributed by atoms with Crippen molar-refractivity contribution in [3.63, 3.8) is 0 Å². The Bertz CT molecular complexity index is 776. The first-order valence-electron chi connectivity index (χ1n) is 9.70. The number of rotatable bonds is 3. The maximum absolute atomic E-state index is 13.2. The van der Waals surface area contributed by atoms with Crippen LogP contribution in [0.4, 0.5) is 0 Å². The van der Waals surface area contributed by atoms with Gasteiger partial charge in [-0.2, -0.15) is 4.31 Å². The predicted molar refractivity (Wildman–Crippen MR) is 106 cm³/mol. The van der Waals surface area contributed by atoms with Crippen molar-refractivity contribution in [2.24, 2.45) is 0 Å². The van der Waals surface area contributed by atoms with Crippen LogP contribution in [0.1, 0.15) is 39.2 Å². The molecular formula is C20H31N3O3S. The second kappa shape index (κ2) is 7.53. The molecule has 7 heteroatoms. The Balaban J connectivity index is 1.80. The molecule has 150 valence electrons. The molecule has 1 aromatic rings. The summed E-state index contributed by atoms with van der Waals surface area (Å²) in [4.78, 5) is 17.3. The van der Waals surface area contributed by atoms with Gasteiger partial charge in [0.15, 0.2) is 0 Å². The number of hydrogen-bond donors (Lipinski definition) is 0. The second-order valence-electron chi connectivity index (χ2n) is 8.68. The lowest BCUT2D eigenvalue weighted by Gasteiger charge is -2.35. The van der Waals surface area contributed by atoms with Crippen LogP contribution in [0.3, 0.4) is 0 Å². The van der Waals surface area contributed by atoms with Gasteiger partial charge in [-0.15, -0.1) is 0 Å². The third-order valence-electron chi connectivity index (χ3n) is 5.63. The normalized spacial score (nSPS) is 23.0. The second-order valence-corrected chi connectivity index (χ2v) is 10.6. The number of carbonyl (C=O) groups is 1. The molecule has 1 amide bonds. The molecular weight excluding hydrogens is 362 g/mol. The summed E-state index contributed by atoms with van der Waals surface area (Å²) >= 11 is 0. The molecule has 0 radical (unpaired) electrons. The van der Waals surface area contributed by atoms with E-state index < -0.39 is 16.1 Å². The Kier molecular flexibility index (Phi) is 5.66. The molecule has 0 aromatic heterocycles. The molecule has 0 unspecified atom stereocenters. The largest absolute Gasteiger partial charge is 0.339 e. The number of nitrogens with zero attached hydrogens (tertiary/aromatic N) is 3. The third-order valence-corrected chi connectivity index (χ3v) is 7.55. The van der Waals surface area contributed by atoms with Crippen LogP contribution < -0.4 is 0 Å². The lowest BCUT2D eigenvalue weighted by atomic mass is 9.87. The third kappa shape index (κ3) is 4.20. The lowest BCUT2D eigenvalue weighted by Crippen LogP contribution is -2.53. The molecule has 6 nitrogen and oxygen atoms in total. The number of sulfonamides is 1. The van der Waals surface area contributed by atoms with E-state index in [4.69, 9.17) is 0 Å². The number of likely N-dealkylation sites (N-methyl/N-ethyl adjacent to an activating group) is 1. The molecule has 1 aromatic carbocycles. The molecule has 0 saturated carbocycles. The van der Waals surface area contributed by atoms with Crippen molar-refractivity contribution in [1.82, 2.24) is 14.1 Å².